The number of thioether (sulfide) groups is 1. The van der Waals surface area contributed by atoms with Crippen LogP contribution in [0.3, 0.4) is 0 Å². The first kappa shape index (κ1) is 19.6. The number of nitrogens with one attached hydrogen (secondary N) is 1. The minimum Gasteiger partial charge on any atom is -0.490 e. The average molecular weight is 370 g/mol. The summed E-state index contributed by atoms with van der Waals surface area (Å²) in [4.78, 5) is 27.1. The standard InChI is InChI=1S/C20H22N2O3S/c1-4-13-25-16-11-9-15(10-12-16)20(24)22(2)14-19(23)21-17-7-5-6-8-18(17)26-3/h4-12H,1,13-14H2,2-3H3,(H,21,23). The van der Waals surface area contributed by atoms with Gasteiger partial charge in [-0.05, 0) is 42.7 Å². The summed E-state index contributed by atoms with van der Waals surface area (Å²) in [6, 6.07) is 14.4. The van der Waals surface area contributed by atoms with Gasteiger partial charge >= 0.3 is 0 Å². The van der Waals surface area contributed by atoms with Gasteiger partial charge in [-0.1, -0.05) is 24.8 Å². The first-order valence-corrected chi connectivity index (χ1v) is 9.29. The summed E-state index contributed by atoms with van der Waals surface area (Å²) in [7, 11) is 1.60. The maximum absolute atomic E-state index is 12.5. The van der Waals surface area contributed by atoms with Crippen LogP contribution in [-0.4, -0.2) is 43.2 Å². The van der Waals surface area contributed by atoms with Crippen molar-refractivity contribution in [2.75, 3.05) is 31.8 Å². The number of benzene rings is 2. The molecule has 5 nitrogen and oxygen atoms in total. The van der Waals surface area contributed by atoms with Crippen LogP contribution in [-0.2, 0) is 4.79 Å². The van der Waals surface area contributed by atoms with Crippen molar-refractivity contribution >= 4 is 29.3 Å². The van der Waals surface area contributed by atoms with Gasteiger partial charge in [0.15, 0.2) is 0 Å². The topological polar surface area (TPSA) is 58.6 Å². The number of carbonyl (C=O) groups excluding carboxylic acids is 2. The SMILES string of the molecule is C=CCOc1ccc(C(=O)N(C)CC(=O)Nc2ccccc2SC)cc1. The second-order valence-corrected chi connectivity index (χ2v) is 6.38. The molecule has 26 heavy (non-hydrogen) atoms. The zero-order chi connectivity index (χ0) is 18.9. The summed E-state index contributed by atoms with van der Waals surface area (Å²) < 4.78 is 5.39. The Balaban J connectivity index is 1.95. The Bertz CT molecular complexity index is 775. The van der Waals surface area contributed by atoms with E-state index < -0.39 is 0 Å². The Morgan fingerprint density at radius 3 is 2.54 bits per heavy atom. The smallest absolute Gasteiger partial charge is 0.254 e. The lowest BCUT2D eigenvalue weighted by Gasteiger charge is -2.17. The third-order valence-corrected chi connectivity index (χ3v) is 4.37. The van der Waals surface area contributed by atoms with Gasteiger partial charge in [0.25, 0.3) is 5.91 Å². The molecule has 136 valence electrons. The van der Waals surface area contributed by atoms with E-state index in [0.29, 0.717) is 17.9 Å². The number of likely N-dealkylation sites (N-methyl/N-ethyl adjacent to an activating group) is 1. The molecule has 0 aliphatic rings. The summed E-state index contributed by atoms with van der Waals surface area (Å²) in [5.41, 5.74) is 1.24. The van der Waals surface area contributed by atoms with Crippen molar-refractivity contribution in [2.45, 2.75) is 4.90 Å². The number of rotatable bonds is 8. The number of amides is 2. The van der Waals surface area contributed by atoms with Crippen molar-refractivity contribution in [1.82, 2.24) is 4.90 Å². The second kappa shape index (κ2) is 9.68. The van der Waals surface area contributed by atoms with Crippen molar-refractivity contribution in [2.24, 2.45) is 0 Å². The largest absolute Gasteiger partial charge is 0.490 e. The Hall–Kier alpha value is -2.73. The minimum atomic E-state index is -0.242. The zero-order valence-corrected chi connectivity index (χ0v) is 15.7. The van der Waals surface area contributed by atoms with Crippen LogP contribution in [0, 0.1) is 0 Å². The van der Waals surface area contributed by atoms with E-state index in [4.69, 9.17) is 4.74 Å². The van der Waals surface area contributed by atoms with Gasteiger partial charge in [0.2, 0.25) is 5.91 Å². The highest BCUT2D eigenvalue weighted by atomic mass is 32.2. The fraction of sp³-hybridized carbons (Fsp3) is 0.200. The van der Waals surface area contributed by atoms with Crippen molar-refractivity contribution < 1.29 is 14.3 Å². The van der Waals surface area contributed by atoms with Crippen molar-refractivity contribution in [3.05, 3.63) is 66.7 Å². The summed E-state index contributed by atoms with van der Waals surface area (Å²) in [6.07, 6.45) is 3.60. The Morgan fingerprint density at radius 1 is 1.19 bits per heavy atom. The molecule has 0 aromatic heterocycles. The molecular weight excluding hydrogens is 348 g/mol. The van der Waals surface area contributed by atoms with Gasteiger partial charge < -0.3 is 15.0 Å². The van der Waals surface area contributed by atoms with Crippen molar-refractivity contribution in [1.29, 1.82) is 0 Å². The average Bonchev–Trinajstić information content (AvgIpc) is 2.66. The lowest BCUT2D eigenvalue weighted by atomic mass is 10.2. The van der Waals surface area contributed by atoms with E-state index in [2.05, 4.69) is 11.9 Å². The van der Waals surface area contributed by atoms with Crippen LogP contribution in [0.15, 0.2) is 66.1 Å². The molecular formula is C20H22N2O3S. The summed E-state index contributed by atoms with van der Waals surface area (Å²) in [6.45, 7) is 3.96. The molecule has 0 aliphatic heterocycles. The minimum absolute atomic E-state index is 0.0315. The van der Waals surface area contributed by atoms with Crippen LogP contribution >= 0.6 is 11.8 Å². The number of para-hydroxylation sites is 1. The Kier molecular flexibility index (Phi) is 7.29. The first-order chi connectivity index (χ1) is 12.5. The van der Waals surface area contributed by atoms with E-state index >= 15 is 0 Å². The lowest BCUT2D eigenvalue weighted by Crippen LogP contribution is -2.35. The molecule has 0 heterocycles. The molecule has 1 N–H and O–H groups in total. The predicted molar refractivity (Wildman–Crippen MR) is 106 cm³/mol. The molecule has 0 fully saturated rings. The molecule has 0 bridgehead atoms. The second-order valence-electron chi connectivity index (χ2n) is 5.53. The molecule has 0 radical (unpaired) electrons. The van der Waals surface area contributed by atoms with Gasteiger partial charge in [-0.15, -0.1) is 11.8 Å². The van der Waals surface area contributed by atoms with Crippen LogP contribution in [0.4, 0.5) is 5.69 Å². The quantitative estimate of drug-likeness (QED) is 0.569. The van der Waals surface area contributed by atoms with E-state index in [1.807, 2.05) is 30.5 Å². The highest BCUT2D eigenvalue weighted by Gasteiger charge is 2.16. The molecule has 0 saturated heterocycles. The molecule has 2 aromatic carbocycles. The van der Waals surface area contributed by atoms with Crippen molar-refractivity contribution in [3.63, 3.8) is 0 Å². The zero-order valence-electron chi connectivity index (χ0n) is 14.9. The Labute approximate surface area is 158 Å². The number of nitrogens with zero attached hydrogens (tertiary/aromatic N) is 1. The van der Waals surface area contributed by atoms with E-state index in [0.717, 1.165) is 10.6 Å². The van der Waals surface area contributed by atoms with Gasteiger partial charge in [-0.25, -0.2) is 0 Å². The molecule has 0 spiro atoms. The number of hydrogen-bond donors (Lipinski definition) is 1. The van der Waals surface area contributed by atoms with Gasteiger partial charge in [0.05, 0.1) is 12.2 Å². The summed E-state index contributed by atoms with van der Waals surface area (Å²) in [5, 5.41) is 2.85. The van der Waals surface area contributed by atoms with Crippen LogP contribution in [0.1, 0.15) is 10.4 Å². The molecule has 2 aromatic rings. The van der Waals surface area contributed by atoms with E-state index in [1.165, 1.54) is 4.90 Å². The molecule has 2 rings (SSSR count). The van der Waals surface area contributed by atoms with Crippen molar-refractivity contribution in [3.8, 4) is 5.75 Å². The van der Waals surface area contributed by atoms with Gasteiger partial charge in [0, 0.05) is 17.5 Å². The molecule has 0 atom stereocenters. The van der Waals surface area contributed by atoms with Crippen LogP contribution in [0.2, 0.25) is 0 Å². The maximum Gasteiger partial charge on any atom is 0.254 e. The first-order valence-electron chi connectivity index (χ1n) is 8.07. The van der Waals surface area contributed by atoms with Crippen LogP contribution < -0.4 is 10.1 Å². The number of ether oxygens (including phenoxy) is 1. The fourth-order valence-corrected chi connectivity index (χ4v) is 2.85. The summed E-state index contributed by atoms with van der Waals surface area (Å²) >= 11 is 1.55. The maximum atomic E-state index is 12.5. The third-order valence-electron chi connectivity index (χ3n) is 3.58. The predicted octanol–water partition coefficient (Wildman–Crippen LogP) is 3.68. The molecule has 0 aliphatic carbocycles. The van der Waals surface area contributed by atoms with Crippen LogP contribution in [0.5, 0.6) is 5.75 Å². The highest BCUT2D eigenvalue weighted by molar-refractivity contribution is 7.98. The van der Waals surface area contributed by atoms with E-state index in [9.17, 15) is 9.59 Å². The van der Waals surface area contributed by atoms with Gasteiger partial charge in [0.1, 0.15) is 12.4 Å². The number of carbonyl (C=O) groups is 2. The normalized spacial score (nSPS) is 10.1. The van der Waals surface area contributed by atoms with Crippen LogP contribution in [0.25, 0.3) is 0 Å². The molecule has 6 heteroatoms. The van der Waals surface area contributed by atoms with Gasteiger partial charge in [-0.2, -0.15) is 0 Å². The van der Waals surface area contributed by atoms with Gasteiger partial charge in [-0.3, -0.25) is 9.59 Å². The lowest BCUT2D eigenvalue weighted by molar-refractivity contribution is -0.116. The highest BCUT2D eigenvalue weighted by Crippen LogP contribution is 2.24. The van der Waals surface area contributed by atoms with E-state index in [1.54, 1.807) is 49.2 Å². The summed E-state index contributed by atoms with van der Waals surface area (Å²) in [5.74, 6) is 0.192. The van der Waals surface area contributed by atoms with E-state index in [-0.39, 0.29) is 18.4 Å². The Morgan fingerprint density at radius 2 is 1.88 bits per heavy atom. The fourth-order valence-electron chi connectivity index (χ4n) is 2.29. The third kappa shape index (κ3) is 5.39. The molecule has 0 unspecified atom stereocenters. The monoisotopic (exact) mass is 370 g/mol. The number of hydrogen-bond acceptors (Lipinski definition) is 4. The molecule has 0 saturated carbocycles. The number of anilines is 1. The molecule has 2 amide bonds.